The fourth-order valence-corrected chi connectivity index (χ4v) is 7.01. The molecule has 0 bridgehead atoms. The van der Waals surface area contributed by atoms with Gasteiger partial charge in [0.05, 0.1) is 22.1 Å². The highest BCUT2D eigenvalue weighted by atomic mass is 16.3. The summed E-state index contributed by atoms with van der Waals surface area (Å²) in [6.45, 7) is 0. The third kappa shape index (κ3) is 3.22. The van der Waals surface area contributed by atoms with E-state index in [0.717, 1.165) is 44.0 Å². The number of aromatic nitrogens is 3. The van der Waals surface area contributed by atoms with Crippen molar-refractivity contribution in [2.75, 3.05) is 0 Å². The van der Waals surface area contributed by atoms with Crippen molar-refractivity contribution in [2.45, 2.75) is 0 Å². The minimum atomic E-state index is 0.579. The Kier molecular flexibility index (Phi) is 4.69. The van der Waals surface area contributed by atoms with Crippen LogP contribution in [0.4, 0.5) is 0 Å². The number of hydrogen-bond donors (Lipinski definition) is 0. The monoisotopic (exact) mass is 561 g/mol. The van der Waals surface area contributed by atoms with Crippen LogP contribution in [-0.2, 0) is 0 Å². The van der Waals surface area contributed by atoms with Crippen molar-refractivity contribution < 1.29 is 4.42 Å². The van der Waals surface area contributed by atoms with E-state index >= 15 is 0 Å². The molecule has 0 aliphatic heterocycles. The van der Waals surface area contributed by atoms with Gasteiger partial charge >= 0.3 is 0 Å². The van der Waals surface area contributed by atoms with Gasteiger partial charge in [0.1, 0.15) is 5.58 Å². The van der Waals surface area contributed by atoms with Crippen molar-refractivity contribution >= 4 is 76.2 Å². The summed E-state index contributed by atoms with van der Waals surface area (Å²) in [6, 6.07) is 49.1. The second kappa shape index (κ2) is 8.76. The molecule has 0 saturated carbocycles. The Balaban J connectivity index is 1.40. The molecule has 10 aromatic rings. The third-order valence-corrected chi connectivity index (χ3v) is 8.99. The van der Waals surface area contributed by atoms with E-state index in [1.165, 1.54) is 37.7 Å². The van der Waals surface area contributed by atoms with Gasteiger partial charge in [0, 0.05) is 27.1 Å². The van der Waals surface area contributed by atoms with Gasteiger partial charge in [-0.1, -0.05) is 121 Å². The first kappa shape index (κ1) is 23.6. The lowest BCUT2D eigenvalue weighted by atomic mass is 10.0. The van der Waals surface area contributed by atoms with Gasteiger partial charge in [0.25, 0.3) is 0 Å². The molecule has 3 heterocycles. The van der Waals surface area contributed by atoms with Crippen molar-refractivity contribution in [3.8, 4) is 17.2 Å². The molecule has 0 spiro atoms. The zero-order valence-corrected chi connectivity index (χ0v) is 23.5. The molecule has 0 N–H and O–H groups in total. The summed E-state index contributed by atoms with van der Waals surface area (Å²) >= 11 is 0. The van der Waals surface area contributed by atoms with E-state index in [1.54, 1.807) is 0 Å². The smallest absolute Gasteiger partial charge is 0.238 e. The highest BCUT2D eigenvalue weighted by Crippen LogP contribution is 2.41. The number of nitrogens with zero attached hydrogens (tertiary/aromatic N) is 3. The Morgan fingerprint density at radius 2 is 1.14 bits per heavy atom. The fourth-order valence-electron chi connectivity index (χ4n) is 7.01. The van der Waals surface area contributed by atoms with Crippen molar-refractivity contribution in [1.82, 2.24) is 14.5 Å². The molecule has 10 rings (SSSR count). The second-order valence-corrected chi connectivity index (χ2v) is 11.4. The van der Waals surface area contributed by atoms with Crippen molar-refractivity contribution in [1.29, 1.82) is 0 Å². The van der Waals surface area contributed by atoms with Crippen LogP contribution in [0.1, 0.15) is 0 Å². The predicted molar refractivity (Wildman–Crippen MR) is 182 cm³/mol. The molecule has 0 atom stereocenters. The first-order chi connectivity index (χ1) is 21.8. The molecule has 0 aliphatic carbocycles. The van der Waals surface area contributed by atoms with E-state index in [-0.39, 0.29) is 0 Å². The number of furan rings is 1. The van der Waals surface area contributed by atoms with Crippen LogP contribution in [-0.4, -0.2) is 14.5 Å². The van der Waals surface area contributed by atoms with Gasteiger partial charge in [-0.25, -0.2) is 4.98 Å². The number of hydrogen-bond acceptors (Lipinski definition) is 3. The zero-order valence-electron chi connectivity index (χ0n) is 23.5. The number of fused-ring (bicyclic) bond motifs is 11. The average molecular weight is 562 g/mol. The number of rotatable bonds is 2. The maximum Gasteiger partial charge on any atom is 0.238 e. The molecule has 0 amide bonds. The molecule has 0 radical (unpaired) electrons. The van der Waals surface area contributed by atoms with Gasteiger partial charge in [0.15, 0.2) is 0 Å². The Morgan fingerprint density at radius 1 is 0.477 bits per heavy atom. The summed E-state index contributed by atoms with van der Waals surface area (Å²) < 4.78 is 8.69. The molecule has 0 unspecified atom stereocenters. The highest BCUT2D eigenvalue weighted by Gasteiger charge is 2.23. The van der Waals surface area contributed by atoms with Crippen LogP contribution in [0.5, 0.6) is 0 Å². The van der Waals surface area contributed by atoms with E-state index in [1.807, 2.05) is 18.2 Å². The van der Waals surface area contributed by atoms with E-state index in [4.69, 9.17) is 14.4 Å². The van der Waals surface area contributed by atoms with Crippen LogP contribution in [0.2, 0.25) is 0 Å². The predicted octanol–water partition coefficient (Wildman–Crippen LogP) is 10.6. The van der Waals surface area contributed by atoms with Crippen molar-refractivity contribution in [3.05, 3.63) is 140 Å². The first-order valence-corrected chi connectivity index (χ1v) is 14.8. The molecular formula is C40H23N3O. The maximum atomic E-state index is 6.46. The molecule has 44 heavy (non-hydrogen) atoms. The first-order valence-electron chi connectivity index (χ1n) is 14.8. The maximum absolute atomic E-state index is 6.46. The minimum absolute atomic E-state index is 0.579. The lowest BCUT2D eigenvalue weighted by Crippen LogP contribution is -2.03. The highest BCUT2D eigenvalue weighted by molar-refractivity contribution is 6.26. The van der Waals surface area contributed by atoms with Crippen molar-refractivity contribution in [3.63, 3.8) is 0 Å². The van der Waals surface area contributed by atoms with Crippen molar-refractivity contribution in [2.24, 2.45) is 0 Å². The van der Waals surface area contributed by atoms with E-state index in [0.29, 0.717) is 11.7 Å². The van der Waals surface area contributed by atoms with E-state index in [2.05, 4.69) is 126 Å². The van der Waals surface area contributed by atoms with Gasteiger partial charge in [-0.2, -0.15) is 4.98 Å². The zero-order chi connectivity index (χ0) is 28.8. The summed E-state index contributed by atoms with van der Waals surface area (Å²) in [7, 11) is 0. The standard InChI is InChI=1S/C40H23N3O/c1-2-12-27-23-28(18-17-24(27)9-1)37-36-31-15-7-8-16-34(31)44-39(36)42-40(41-37)43-33-22-20-25-10-3-5-13-29(25)35(33)32-21-19-26-11-4-6-14-30(26)38(32)43/h1-23H. The summed E-state index contributed by atoms with van der Waals surface area (Å²) in [4.78, 5) is 10.6. The molecular weight excluding hydrogens is 538 g/mol. The Bertz CT molecular complexity index is 2790. The summed E-state index contributed by atoms with van der Waals surface area (Å²) in [5.41, 5.74) is 5.42. The molecule has 0 aliphatic rings. The van der Waals surface area contributed by atoms with E-state index < -0.39 is 0 Å². The van der Waals surface area contributed by atoms with Gasteiger partial charge in [-0.05, 0) is 45.1 Å². The van der Waals surface area contributed by atoms with E-state index in [9.17, 15) is 0 Å². The van der Waals surface area contributed by atoms with Gasteiger partial charge < -0.3 is 4.42 Å². The SMILES string of the molecule is c1ccc2cc(-c3nc(-n4c5ccc6ccccc6c5c5ccc6ccccc6c54)nc4oc5ccccc5c34)ccc2c1. The number of benzene rings is 7. The van der Waals surface area contributed by atoms with Gasteiger partial charge in [0.2, 0.25) is 11.7 Å². The lowest BCUT2D eigenvalue weighted by Gasteiger charge is -2.11. The van der Waals surface area contributed by atoms with Crippen LogP contribution in [0.25, 0.3) is 93.4 Å². The Morgan fingerprint density at radius 3 is 2.00 bits per heavy atom. The quantitative estimate of drug-likeness (QED) is 0.211. The van der Waals surface area contributed by atoms with Crippen LogP contribution >= 0.6 is 0 Å². The molecule has 4 nitrogen and oxygen atoms in total. The third-order valence-electron chi connectivity index (χ3n) is 8.99. The number of para-hydroxylation sites is 1. The van der Waals surface area contributed by atoms with Crippen LogP contribution < -0.4 is 0 Å². The molecule has 3 aromatic heterocycles. The van der Waals surface area contributed by atoms with Gasteiger partial charge in [-0.3, -0.25) is 4.57 Å². The van der Waals surface area contributed by atoms with Crippen LogP contribution in [0, 0.1) is 0 Å². The minimum Gasteiger partial charge on any atom is -0.437 e. The normalized spacial score (nSPS) is 12.1. The lowest BCUT2D eigenvalue weighted by molar-refractivity contribution is 0.651. The van der Waals surface area contributed by atoms with Crippen LogP contribution in [0.3, 0.4) is 0 Å². The van der Waals surface area contributed by atoms with Crippen LogP contribution in [0.15, 0.2) is 144 Å². The summed E-state index contributed by atoms with van der Waals surface area (Å²) in [6.07, 6.45) is 0. The molecule has 204 valence electrons. The molecule has 0 saturated heterocycles. The van der Waals surface area contributed by atoms with Gasteiger partial charge in [-0.15, -0.1) is 0 Å². The fraction of sp³-hybridized carbons (Fsp3) is 0. The topological polar surface area (TPSA) is 43.9 Å². The molecule has 7 aromatic carbocycles. The largest absolute Gasteiger partial charge is 0.437 e. The molecule has 0 fully saturated rings. The average Bonchev–Trinajstić information content (AvgIpc) is 3.64. The molecule has 4 heteroatoms. The Labute approximate surface area is 251 Å². The summed E-state index contributed by atoms with van der Waals surface area (Å²) in [5.74, 6) is 0.589. The summed E-state index contributed by atoms with van der Waals surface area (Å²) in [5, 5.41) is 11.4. The second-order valence-electron chi connectivity index (χ2n) is 11.4. The Hall–Kier alpha value is -6.00.